The van der Waals surface area contributed by atoms with Crippen molar-refractivity contribution in [2.75, 3.05) is 0 Å². The zero-order chi connectivity index (χ0) is 7.84. The van der Waals surface area contributed by atoms with E-state index in [1.807, 2.05) is 13.0 Å². The minimum Gasteiger partial charge on any atom is -0.492 e. The Morgan fingerprint density at radius 1 is 1.55 bits per heavy atom. The first-order valence-corrected chi connectivity index (χ1v) is 3.28. The molecule has 0 bridgehead atoms. The molecule has 0 spiro atoms. The highest BCUT2D eigenvalue weighted by Gasteiger charge is 2.00. The van der Waals surface area contributed by atoms with Gasteiger partial charge in [0.25, 0.3) is 0 Å². The summed E-state index contributed by atoms with van der Waals surface area (Å²) >= 11 is 0. The smallest absolute Gasteiger partial charge is 0.233 e. The van der Waals surface area contributed by atoms with E-state index in [0.29, 0.717) is 5.65 Å². The quantitative estimate of drug-likeness (QED) is 0.601. The molecule has 0 atom stereocenters. The highest BCUT2D eigenvalue weighted by atomic mass is 16.3. The summed E-state index contributed by atoms with van der Waals surface area (Å²) in [6.45, 7) is 1.90. The molecule has 0 aliphatic rings. The Hall–Kier alpha value is -1.58. The van der Waals surface area contributed by atoms with Gasteiger partial charge in [-0.15, -0.1) is 5.10 Å². The van der Waals surface area contributed by atoms with Crippen LogP contribution in [0.4, 0.5) is 0 Å². The number of aryl methyl sites for hydroxylation is 1. The summed E-state index contributed by atoms with van der Waals surface area (Å²) in [6.07, 6.45) is 1.69. The summed E-state index contributed by atoms with van der Waals surface area (Å²) in [4.78, 5) is 4.00. The van der Waals surface area contributed by atoms with E-state index < -0.39 is 0 Å². The van der Waals surface area contributed by atoms with Crippen molar-refractivity contribution in [1.29, 1.82) is 0 Å². The Kier molecular flexibility index (Phi) is 1.09. The SMILES string of the molecule is Cc1ccnc2cc(O)nn12. The molecule has 0 radical (unpaired) electrons. The van der Waals surface area contributed by atoms with Gasteiger partial charge in [-0.3, -0.25) is 0 Å². The van der Waals surface area contributed by atoms with Crippen LogP contribution < -0.4 is 0 Å². The Morgan fingerprint density at radius 2 is 2.36 bits per heavy atom. The second-order valence-corrected chi connectivity index (χ2v) is 2.36. The maximum Gasteiger partial charge on any atom is 0.233 e. The van der Waals surface area contributed by atoms with E-state index in [1.165, 1.54) is 6.07 Å². The number of fused-ring (bicyclic) bond motifs is 1. The largest absolute Gasteiger partial charge is 0.492 e. The van der Waals surface area contributed by atoms with E-state index in [4.69, 9.17) is 5.11 Å². The second kappa shape index (κ2) is 1.95. The van der Waals surface area contributed by atoms with Crippen LogP contribution in [-0.4, -0.2) is 19.7 Å². The predicted octanol–water partition coefficient (Wildman–Crippen LogP) is 0.743. The van der Waals surface area contributed by atoms with Crippen LogP contribution in [0.3, 0.4) is 0 Å². The third kappa shape index (κ3) is 0.832. The lowest BCUT2D eigenvalue weighted by molar-refractivity contribution is 0.448. The average molecular weight is 149 g/mol. The molecule has 56 valence electrons. The van der Waals surface area contributed by atoms with E-state index in [2.05, 4.69) is 10.1 Å². The number of hydrogen-bond acceptors (Lipinski definition) is 3. The van der Waals surface area contributed by atoms with Gasteiger partial charge in [0.1, 0.15) is 0 Å². The summed E-state index contributed by atoms with van der Waals surface area (Å²) in [5.74, 6) is 0.00630. The number of aromatic nitrogens is 3. The van der Waals surface area contributed by atoms with Gasteiger partial charge < -0.3 is 5.11 Å². The van der Waals surface area contributed by atoms with Gasteiger partial charge >= 0.3 is 0 Å². The lowest BCUT2D eigenvalue weighted by Gasteiger charge is -1.93. The van der Waals surface area contributed by atoms with Gasteiger partial charge in [-0.05, 0) is 13.0 Å². The summed E-state index contributed by atoms with van der Waals surface area (Å²) in [5.41, 5.74) is 1.62. The van der Waals surface area contributed by atoms with Gasteiger partial charge in [0.15, 0.2) is 5.65 Å². The predicted molar refractivity (Wildman–Crippen MR) is 39.4 cm³/mol. The first kappa shape index (κ1) is 6.15. The molecule has 2 heterocycles. The van der Waals surface area contributed by atoms with Crippen LogP contribution in [-0.2, 0) is 0 Å². The van der Waals surface area contributed by atoms with E-state index >= 15 is 0 Å². The van der Waals surface area contributed by atoms with Gasteiger partial charge in [0.2, 0.25) is 5.88 Å². The summed E-state index contributed by atoms with van der Waals surface area (Å²) in [6, 6.07) is 3.35. The maximum atomic E-state index is 9.01. The Morgan fingerprint density at radius 3 is 3.09 bits per heavy atom. The van der Waals surface area contributed by atoms with Crippen LogP contribution in [0.5, 0.6) is 5.88 Å². The van der Waals surface area contributed by atoms with Crippen LogP contribution in [0.15, 0.2) is 18.3 Å². The zero-order valence-corrected chi connectivity index (χ0v) is 6.02. The fraction of sp³-hybridized carbons (Fsp3) is 0.143. The molecule has 0 aliphatic heterocycles. The highest BCUT2D eigenvalue weighted by Crippen LogP contribution is 2.09. The molecule has 0 fully saturated rings. The Bertz CT molecular complexity index is 393. The molecule has 0 aliphatic carbocycles. The molecule has 11 heavy (non-hydrogen) atoms. The monoisotopic (exact) mass is 149 g/mol. The summed E-state index contributed by atoms with van der Waals surface area (Å²) in [7, 11) is 0. The van der Waals surface area contributed by atoms with Crippen molar-refractivity contribution >= 4 is 5.65 Å². The van der Waals surface area contributed by atoms with Gasteiger partial charge in [-0.2, -0.15) is 0 Å². The average Bonchev–Trinajstić information content (AvgIpc) is 2.31. The van der Waals surface area contributed by atoms with Gasteiger partial charge in [-0.25, -0.2) is 9.50 Å². The molecule has 2 aromatic rings. The minimum absolute atomic E-state index is 0.00630. The fourth-order valence-electron chi connectivity index (χ4n) is 1.00. The summed E-state index contributed by atoms with van der Waals surface area (Å²) in [5, 5.41) is 12.8. The van der Waals surface area contributed by atoms with Crippen molar-refractivity contribution in [1.82, 2.24) is 14.6 Å². The Balaban J connectivity index is 2.90. The third-order valence-corrected chi connectivity index (χ3v) is 1.53. The highest BCUT2D eigenvalue weighted by molar-refractivity contribution is 5.41. The molecule has 1 N–H and O–H groups in total. The second-order valence-electron chi connectivity index (χ2n) is 2.36. The van der Waals surface area contributed by atoms with Crippen LogP contribution >= 0.6 is 0 Å². The first-order chi connectivity index (χ1) is 5.27. The lowest BCUT2D eigenvalue weighted by Crippen LogP contribution is -1.93. The topological polar surface area (TPSA) is 50.4 Å². The normalized spacial score (nSPS) is 10.6. The fourth-order valence-corrected chi connectivity index (χ4v) is 1.00. The molecular formula is C7H7N3O. The van der Waals surface area contributed by atoms with Crippen molar-refractivity contribution in [2.45, 2.75) is 6.92 Å². The molecular weight excluding hydrogens is 142 g/mol. The molecule has 2 aromatic heterocycles. The third-order valence-electron chi connectivity index (χ3n) is 1.53. The molecule has 4 heteroatoms. The number of nitrogens with zero attached hydrogens (tertiary/aromatic N) is 3. The van der Waals surface area contributed by atoms with Crippen LogP contribution in [0, 0.1) is 6.92 Å². The zero-order valence-electron chi connectivity index (χ0n) is 6.02. The van der Waals surface area contributed by atoms with Crippen molar-refractivity contribution < 1.29 is 5.11 Å². The van der Waals surface area contributed by atoms with Gasteiger partial charge in [0, 0.05) is 18.0 Å². The van der Waals surface area contributed by atoms with Crippen molar-refractivity contribution in [3.8, 4) is 5.88 Å². The lowest BCUT2D eigenvalue weighted by atomic mass is 10.4. The van der Waals surface area contributed by atoms with Crippen molar-refractivity contribution in [3.63, 3.8) is 0 Å². The minimum atomic E-state index is 0.00630. The van der Waals surface area contributed by atoms with E-state index in [9.17, 15) is 0 Å². The molecule has 0 amide bonds. The molecule has 0 aromatic carbocycles. The van der Waals surface area contributed by atoms with Crippen LogP contribution in [0.1, 0.15) is 5.69 Å². The first-order valence-electron chi connectivity index (χ1n) is 3.28. The molecule has 0 unspecified atom stereocenters. The van der Waals surface area contributed by atoms with Crippen LogP contribution in [0.2, 0.25) is 0 Å². The standard InChI is InChI=1S/C7H7N3O/c1-5-2-3-8-6-4-7(11)9-10(5)6/h2-4H,1H3,(H,9,11). The van der Waals surface area contributed by atoms with E-state index in [1.54, 1.807) is 10.7 Å². The maximum absolute atomic E-state index is 9.01. The van der Waals surface area contributed by atoms with E-state index in [-0.39, 0.29) is 5.88 Å². The van der Waals surface area contributed by atoms with Gasteiger partial charge in [-0.1, -0.05) is 0 Å². The van der Waals surface area contributed by atoms with Crippen LogP contribution in [0.25, 0.3) is 5.65 Å². The molecule has 0 saturated carbocycles. The van der Waals surface area contributed by atoms with Gasteiger partial charge in [0.05, 0.1) is 0 Å². The van der Waals surface area contributed by atoms with Crippen molar-refractivity contribution in [3.05, 3.63) is 24.0 Å². The van der Waals surface area contributed by atoms with E-state index in [0.717, 1.165) is 5.69 Å². The Labute approximate surface area is 63.1 Å². The molecule has 4 nitrogen and oxygen atoms in total. The number of aromatic hydroxyl groups is 1. The number of rotatable bonds is 0. The molecule has 0 saturated heterocycles. The molecule has 2 rings (SSSR count). The summed E-state index contributed by atoms with van der Waals surface area (Å²) < 4.78 is 1.59. The number of hydrogen-bond donors (Lipinski definition) is 1. The van der Waals surface area contributed by atoms with Crippen molar-refractivity contribution in [2.24, 2.45) is 0 Å².